The Bertz CT molecular complexity index is 1380. The second-order valence-corrected chi connectivity index (χ2v) is 8.00. The first-order valence-electron chi connectivity index (χ1n) is 10.1. The van der Waals surface area contributed by atoms with Crippen LogP contribution in [0.3, 0.4) is 0 Å². The minimum Gasteiger partial charge on any atom is -0.488 e. The molecule has 0 aliphatic heterocycles. The predicted molar refractivity (Wildman–Crippen MR) is 133 cm³/mol. The second kappa shape index (κ2) is 10.2. The van der Waals surface area contributed by atoms with Crippen molar-refractivity contribution in [2.75, 3.05) is 5.32 Å². The van der Waals surface area contributed by atoms with Crippen LogP contribution in [-0.2, 0) is 11.4 Å². The summed E-state index contributed by atoms with van der Waals surface area (Å²) in [5.74, 6) is -0.0573. The van der Waals surface area contributed by atoms with E-state index in [1.165, 1.54) is 6.08 Å². The van der Waals surface area contributed by atoms with Crippen LogP contribution in [-0.4, -0.2) is 5.91 Å². The lowest BCUT2D eigenvalue weighted by atomic mass is 10.1. The molecule has 4 rings (SSSR count). The Morgan fingerprint density at radius 3 is 2.36 bits per heavy atom. The molecule has 0 radical (unpaired) electrons. The quantitative estimate of drug-likeness (QED) is 0.237. The van der Waals surface area contributed by atoms with Crippen LogP contribution in [0.4, 0.5) is 5.69 Å². The zero-order valence-corrected chi connectivity index (χ0v) is 18.9. The average molecular weight is 473 g/mol. The molecule has 1 amide bonds. The van der Waals surface area contributed by atoms with Gasteiger partial charge in [-0.25, -0.2) is 0 Å². The Hall–Kier alpha value is -3.78. The van der Waals surface area contributed by atoms with Crippen molar-refractivity contribution in [2.24, 2.45) is 0 Å². The van der Waals surface area contributed by atoms with Gasteiger partial charge in [0, 0.05) is 5.56 Å². The first-order chi connectivity index (χ1) is 16.1. The molecule has 0 atom stereocenters. The van der Waals surface area contributed by atoms with Crippen LogP contribution in [0.1, 0.15) is 11.1 Å². The van der Waals surface area contributed by atoms with Gasteiger partial charge in [0.1, 0.15) is 24.0 Å². The van der Waals surface area contributed by atoms with E-state index in [-0.39, 0.29) is 21.3 Å². The third kappa shape index (κ3) is 5.18. The first-order valence-corrected chi connectivity index (χ1v) is 10.9. The second-order valence-electron chi connectivity index (χ2n) is 7.19. The molecular weight excluding hydrogens is 455 g/mol. The molecule has 4 nitrogen and oxygen atoms in total. The molecule has 6 heteroatoms. The normalized spacial score (nSPS) is 11.1. The summed E-state index contributed by atoms with van der Waals surface area (Å²) in [6.07, 6.45) is 1.48. The summed E-state index contributed by atoms with van der Waals surface area (Å²) in [6, 6.07) is 28.2. The number of benzene rings is 4. The van der Waals surface area contributed by atoms with E-state index in [9.17, 15) is 10.1 Å². The zero-order chi connectivity index (χ0) is 23.2. The maximum absolute atomic E-state index is 12.7. The van der Waals surface area contributed by atoms with Gasteiger partial charge < -0.3 is 10.1 Å². The van der Waals surface area contributed by atoms with E-state index < -0.39 is 5.91 Å². The number of nitriles is 1. The number of rotatable bonds is 6. The van der Waals surface area contributed by atoms with E-state index in [2.05, 4.69) is 23.5 Å². The average Bonchev–Trinajstić information content (AvgIpc) is 2.84. The molecule has 0 saturated carbocycles. The van der Waals surface area contributed by atoms with E-state index in [1.54, 1.807) is 30.3 Å². The van der Waals surface area contributed by atoms with Crippen molar-refractivity contribution < 1.29 is 9.53 Å². The topological polar surface area (TPSA) is 62.1 Å². The first kappa shape index (κ1) is 22.4. The molecule has 0 fully saturated rings. The van der Waals surface area contributed by atoms with Gasteiger partial charge in [0.15, 0.2) is 0 Å². The monoisotopic (exact) mass is 472 g/mol. The highest BCUT2D eigenvalue weighted by Crippen LogP contribution is 2.30. The highest BCUT2D eigenvalue weighted by molar-refractivity contribution is 6.40. The van der Waals surface area contributed by atoms with Crippen molar-refractivity contribution in [2.45, 2.75) is 6.61 Å². The van der Waals surface area contributed by atoms with Gasteiger partial charge in [-0.1, -0.05) is 89.9 Å². The van der Waals surface area contributed by atoms with E-state index in [1.807, 2.05) is 42.5 Å². The van der Waals surface area contributed by atoms with Crippen LogP contribution in [0, 0.1) is 11.3 Å². The number of hydrogen-bond donors (Lipinski definition) is 1. The van der Waals surface area contributed by atoms with Crippen LogP contribution < -0.4 is 10.1 Å². The number of amides is 1. The molecule has 0 bridgehead atoms. The minimum atomic E-state index is -0.614. The summed E-state index contributed by atoms with van der Waals surface area (Å²) >= 11 is 12.3. The van der Waals surface area contributed by atoms with Crippen molar-refractivity contribution >= 4 is 51.6 Å². The number of nitrogens with zero attached hydrogens (tertiary/aromatic N) is 1. The van der Waals surface area contributed by atoms with E-state index >= 15 is 0 Å². The van der Waals surface area contributed by atoms with Gasteiger partial charge in [-0.3, -0.25) is 4.79 Å². The van der Waals surface area contributed by atoms with Gasteiger partial charge in [0.25, 0.3) is 5.91 Å². The number of halogens is 2. The van der Waals surface area contributed by atoms with Gasteiger partial charge in [-0.05, 0) is 40.6 Å². The predicted octanol–water partition coefficient (Wildman–Crippen LogP) is 7.27. The van der Waals surface area contributed by atoms with Crippen molar-refractivity contribution in [1.82, 2.24) is 0 Å². The van der Waals surface area contributed by atoms with Crippen LogP contribution in [0.2, 0.25) is 10.0 Å². The Morgan fingerprint density at radius 2 is 1.58 bits per heavy atom. The molecular formula is C27H18Cl2N2O2. The Morgan fingerprint density at radius 1 is 0.909 bits per heavy atom. The summed E-state index contributed by atoms with van der Waals surface area (Å²) in [7, 11) is 0. The van der Waals surface area contributed by atoms with Crippen molar-refractivity contribution in [3.05, 3.63) is 112 Å². The van der Waals surface area contributed by atoms with E-state index in [0.717, 1.165) is 16.3 Å². The fourth-order valence-electron chi connectivity index (χ4n) is 3.41. The molecule has 0 heterocycles. The smallest absolute Gasteiger partial charge is 0.266 e. The van der Waals surface area contributed by atoms with Crippen molar-refractivity contribution in [3.63, 3.8) is 0 Å². The Balaban J connectivity index is 1.58. The lowest BCUT2D eigenvalue weighted by molar-refractivity contribution is -0.112. The van der Waals surface area contributed by atoms with Crippen molar-refractivity contribution in [3.8, 4) is 11.8 Å². The van der Waals surface area contributed by atoms with Gasteiger partial charge in [-0.2, -0.15) is 5.26 Å². The van der Waals surface area contributed by atoms with Crippen LogP contribution in [0.15, 0.2) is 90.5 Å². The lowest BCUT2D eigenvalue weighted by Gasteiger charge is -2.12. The third-order valence-electron chi connectivity index (χ3n) is 5.05. The summed E-state index contributed by atoms with van der Waals surface area (Å²) in [4.78, 5) is 12.7. The summed E-state index contributed by atoms with van der Waals surface area (Å²) in [5, 5.41) is 15.0. The lowest BCUT2D eigenvalue weighted by Crippen LogP contribution is -2.14. The van der Waals surface area contributed by atoms with E-state index in [0.29, 0.717) is 17.9 Å². The molecule has 0 spiro atoms. The molecule has 0 unspecified atom stereocenters. The molecule has 0 aliphatic carbocycles. The van der Waals surface area contributed by atoms with Gasteiger partial charge in [0.05, 0.1) is 15.7 Å². The van der Waals surface area contributed by atoms with Gasteiger partial charge in [0.2, 0.25) is 0 Å². The Labute approximate surface area is 201 Å². The fraction of sp³-hybridized carbons (Fsp3) is 0.0370. The molecule has 0 saturated heterocycles. The molecule has 33 heavy (non-hydrogen) atoms. The minimum absolute atomic E-state index is 0.104. The Kier molecular flexibility index (Phi) is 6.95. The van der Waals surface area contributed by atoms with E-state index in [4.69, 9.17) is 27.9 Å². The standard InChI is InChI=1S/C27H18Cl2N2O2/c28-23-12-6-13-24(29)26(23)31-27(32)21(16-30)15-19-8-2-4-14-25(19)33-17-20-10-5-9-18-7-1-3-11-22(18)20/h1-15H,17H2,(H,31,32)/b21-15+. The number of ether oxygens (including phenoxy) is 1. The summed E-state index contributed by atoms with van der Waals surface area (Å²) < 4.78 is 6.09. The summed E-state index contributed by atoms with van der Waals surface area (Å²) in [5.41, 5.74) is 1.80. The number of anilines is 1. The van der Waals surface area contributed by atoms with Gasteiger partial charge >= 0.3 is 0 Å². The molecule has 0 aromatic heterocycles. The van der Waals surface area contributed by atoms with Crippen LogP contribution >= 0.6 is 23.2 Å². The molecule has 4 aromatic carbocycles. The molecule has 162 valence electrons. The number of carbonyl (C=O) groups excluding carboxylic acids is 1. The fourth-order valence-corrected chi connectivity index (χ4v) is 3.90. The summed E-state index contributed by atoms with van der Waals surface area (Å²) in [6.45, 7) is 0.343. The molecule has 4 aromatic rings. The highest BCUT2D eigenvalue weighted by Gasteiger charge is 2.15. The maximum Gasteiger partial charge on any atom is 0.266 e. The highest BCUT2D eigenvalue weighted by atomic mass is 35.5. The zero-order valence-electron chi connectivity index (χ0n) is 17.4. The number of nitrogens with one attached hydrogen (secondary N) is 1. The molecule has 1 N–H and O–H groups in total. The largest absolute Gasteiger partial charge is 0.488 e. The number of para-hydroxylation sites is 2. The van der Waals surface area contributed by atoms with Gasteiger partial charge in [-0.15, -0.1) is 0 Å². The van der Waals surface area contributed by atoms with Crippen LogP contribution in [0.5, 0.6) is 5.75 Å². The van der Waals surface area contributed by atoms with Crippen molar-refractivity contribution in [1.29, 1.82) is 5.26 Å². The third-order valence-corrected chi connectivity index (χ3v) is 5.68. The number of fused-ring (bicyclic) bond motifs is 1. The number of hydrogen-bond acceptors (Lipinski definition) is 3. The van der Waals surface area contributed by atoms with Crippen LogP contribution in [0.25, 0.3) is 16.8 Å². The number of carbonyl (C=O) groups is 1. The SMILES string of the molecule is N#C/C(=C\c1ccccc1OCc1cccc2ccccc12)C(=O)Nc1c(Cl)cccc1Cl. The maximum atomic E-state index is 12.7. The molecule has 0 aliphatic rings.